The van der Waals surface area contributed by atoms with Crippen molar-refractivity contribution in [2.75, 3.05) is 6.26 Å². The molecule has 2 unspecified atom stereocenters. The molecule has 0 saturated carbocycles. The van der Waals surface area contributed by atoms with Gasteiger partial charge in [0.25, 0.3) is 0 Å². The molecular formula is C24H20FNO5S. The van der Waals surface area contributed by atoms with Crippen LogP contribution in [-0.4, -0.2) is 44.3 Å². The number of amides is 2. The minimum atomic E-state index is -1.53. The van der Waals surface area contributed by atoms with Gasteiger partial charge < -0.3 is 5.11 Å². The number of benzene rings is 2. The average molecular weight is 453 g/mol. The van der Waals surface area contributed by atoms with Gasteiger partial charge in [0, 0.05) is 34.8 Å². The van der Waals surface area contributed by atoms with Crippen molar-refractivity contribution in [2.24, 2.45) is 0 Å². The van der Waals surface area contributed by atoms with Crippen molar-refractivity contribution in [2.45, 2.75) is 30.7 Å². The average Bonchev–Trinajstić information content (AvgIpc) is 3.20. The zero-order chi connectivity index (χ0) is 23.2. The molecule has 164 valence electrons. The number of carbonyl (C=O) groups excluding carboxylic acids is 2. The summed E-state index contributed by atoms with van der Waals surface area (Å²) in [4.78, 5) is 38.4. The third-order valence-electron chi connectivity index (χ3n) is 5.75. The summed E-state index contributed by atoms with van der Waals surface area (Å²) in [5, 5.41) is 9.98. The highest BCUT2D eigenvalue weighted by Crippen LogP contribution is 2.45. The maximum Gasteiger partial charge on any atom is 0.331 e. The van der Waals surface area contributed by atoms with Crippen LogP contribution < -0.4 is 0 Å². The number of carboxylic acids is 1. The van der Waals surface area contributed by atoms with Crippen LogP contribution in [0.25, 0.3) is 17.2 Å². The number of carboxylic acid groups (broad SMARTS) is 1. The lowest BCUT2D eigenvalue weighted by Crippen LogP contribution is -2.45. The molecule has 1 heterocycles. The summed E-state index contributed by atoms with van der Waals surface area (Å²) in [6.07, 6.45) is 3.33. The maximum absolute atomic E-state index is 14.2. The molecule has 6 nitrogen and oxygen atoms in total. The molecule has 1 aliphatic carbocycles. The van der Waals surface area contributed by atoms with Gasteiger partial charge in [-0.1, -0.05) is 18.2 Å². The van der Waals surface area contributed by atoms with Gasteiger partial charge in [-0.15, -0.1) is 0 Å². The van der Waals surface area contributed by atoms with Gasteiger partial charge in [-0.25, -0.2) is 9.18 Å². The highest BCUT2D eigenvalue weighted by Gasteiger charge is 2.44. The van der Waals surface area contributed by atoms with Gasteiger partial charge in [0.05, 0.1) is 0 Å². The van der Waals surface area contributed by atoms with E-state index in [1.165, 1.54) is 12.1 Å². The third kappa shape index (κ3) is 3.71. The molecule has 2 aromatic rings. The Labute approximate surface area is 186 Å². The van der Waals surface area contributed by atoms with Gasteiger partial charge >= 0.3 is 5.97 Å². The highest BCUT2D eigenvalue weighted by molar-refractivity contribution is 7.84. The monoisotopic (exact) mass is 453 g/mol. The summed E-state index contributed by atoms with van der Waals surface area (Å²) >= 11 is 0. The van der Waals surface area contributed by atoms with Crippen LogP contribution >= 0.6 is 0 Å². The van der Waals surface area contributed by atoms with Crippen molar-refractivity contribution in [3.05, 3.63) is 70.5 Å². The fourth-order valence-corrected chi connectivity index (χ4v) is 4.75. The van der Waals surface area contributed by atoms with Crippen LogP contribution in [0.3, 0.4) is 0 Å². The van der Waals surface area contributed by atoms with E-state index < -0.39 is 40.4 Å². The Kier molecular flexibility index (Phi) is 5.64. The Morgan fingerprint density at radius 3 is 2.28 bits per heavy atom. The first-order valence-corrected chi connectivity index (χ1v) is 11.5. The number of allylic oxidation sites excluding steroid dienone is 2. The Hall–Kier alpha value is -3.39. The molecule has 0 radical (unpaired) electrons. The summed E-state index contributed by atoms with van der Waals surface area (Å²) < 4.78 is 25.8. The van der Waals surface area contributed by atoms with Crippen LogP contribution in [-0.2, 0) is 25.2 Å². The molecule has 1 saturated heterocycles. The lowest BCUT2D eigenvalue weighted by atomic mass is 9.97. The number of imide groups is 1. The molecule has 32 heavy (non-hydrogen) atoms. The smallest absolute Gasteiger partial charge is 0.331 e. The number of rotatable bonds is 5. The molecular weight excluding hydrogens is 433 g/mol. The van der Waals surface area contributed by atoms with Gasteiger partial charge in [-0.05, 0) is 70.7 Å². The zero-order valence-electron chi connectivity index (χ0n) is 17.4. The number of likely N-dealkylation sites (tertiary alicyclic amines) is 1. The van der Waals surface area contributed by atoms with E-state index in [9.17, 15) is 28.1 Å². The van der Waals surface area contributed by atoms with E-state index in [0.29, 0.717) is 27.2 Å². The highest BCUT2D eigenvalue weighted by atomic mass is 32.2. The predicted octanol–water partition coefficient (Wildman–Crippen LogP) is 3.49. The fourth-order valence-electron chi connectivity index (χ4n) is 4.23. The number of carbonyl (C=O) groups is 3. The Morgan fingerprint density at radius 2 is 1.72 bits per heavy atom. The lowest BCUT2D eigenvalue weighted by molar-refractivity contribution is -0.151. The van der Waals surface area contributed by atoms with Gasteiger partial charge in [0.1, 0.15) is 5.82 Å². The van der Waals surface area contributed by atoms with Crippen molar-refractivity contribution < 1.29 is 28.1 Å². The largest absolute Gasteiger partial charge is 0.479 e. The lowest BCUT2D eigenvalue weighted by Gasteiger charge is -2.25. The SMILES string of the molecule is CC1=C(C(C(=O)O)N2C(=O)CCC2=O)c2cc(F)ccc2/C1=C\c1ccc(S(C)=O)cc1. The third-order valence-corrected chi connectivity index (χ3v) is 6.68. The standard InChI is InChI=1S/C24H20FNO5S/c1-13-18(11-14-3-6-16(7-4-14)32(2)31)17-8-5-15(25)12-19(17)22(13)23(24(29)30)26-20(27)9-10-21(26)28/h3-8,11-12,23H,9-10H2,1-2H3,(H,29,30)/b18-11-. The van der Waals surface area contributed by atoms with E-state index in [4.69, 9.17) is 0 Å². The molecule has 1 N–H and O–H groups in total. The number of nitrogens with zero attached hydrogens (tertiary/aromatic N) is 1. The molecule has 2 amide bonds. The van der Waals surface area contributed by atoms with Crippen molar-refractivity contribution >= 4 is 45.8 Å². The van der Waals surface area contributed by atoms with Crippen LogP contribution in [0.5, 0.6) is 0 Å². The van der Waals surface area contributed by atoms with Crippen LogP contribution in [0.4, 0.5) is 4.39 Å². The summed E-state index contributed by atoms with van der Waals surface area (Å²) in [7, 11) is -1.12. The summed E-state index contributed by atoms with van der Waals surface area (Å²) in [5.74, 6) is -3.01. The Morgan fingerprint density at radius 1 is 1.09 bits per heavy atom. The second kappa shape index (κ2) is 8.27. The molecule has 2 atom stereocenters. The number of hydrogen-bond donors (Lipinski definition) is 1. The van der Waals surface area contributed by atoms with E-state index in [0.717, 1.165) is 10.5 Å². The number of aliphatic carboxylic acids is 1. The zero-order valence-corrected chi connectivity index (χ0v) is 18.2. The minimum Gasteiger partial charge on any atom is -0.479 e. The molecule has 2 aromatic carbocycles. The Balaban J connectivity index is 1.89. The first-order valence-electron chi connectivity index (χ1n) is 9.93. The van der Waals surface area contributed by atoms with E-state index in [1.807, 2.05) is 6.08 Å². The van der Waals surface area contributed by atoms with E-state index >= 15 is 0 Å². The quantitative estimate of drug-likeness (QED) is 0.700. The summed E-state index contributed by atoms with van der Waals surface area (Å²) in [5.41, 5.74) is 3.20. The summed E-state index contributed by atoms with van der Waals surface area (Å²) in [6.45, 7) is 1.70. The minimum absolute atomic E-state index is 0.0429. The topological polar surface area (TPSA) is 91.8 Å². The van der Waals surface area contributed by atoms with Crippen molar-refractivity contribution in [3.63, 3.8) is 0 Å². The molecule has 0 aromatic heterocycles. The van der Waals surface area contributed by atoms with Crippen molar-refractivity contribution in [1.29, 1.82) is 0 Å². The van der Waals surface area contributed by atoms with Crippen LogP contribution in [0.15, 0.2) is 52.9 Å². The molecule has 4 rings (SSSR count). The van der Waals surface area contributed by atoms with Gasteiger partial charge in [-0.3, -0.25) is 18.7 Å². The van der Waals surface area contributed by atoms with Gasteiger partial charge in [0.15, 0.2) is 6.04 Å². The van der Waals surface area contributed by atoms with Crippen LogP contribution in [0, 0.1) is 5.82 Å². The van der Waals surface area contributed by atoms with Crippen molar-refractivity contribution in [3.8, 4) is 0 Å². The fraction of sp³-hybridized carbons (Fsp3) is 0.208. The van der Waals surface area contributed by atoms with Gasteiger partial charge in [0.2, 0.25) is 11.8 Å². The number of hydrogen-bond acceptors (Lipinski definition) is 4. The summed E-state index contributed by atoms with van der Waals surface area (Å²) in [6, 6.07) is 9.62. The van der Waals surface area contributed by atoms with E-state index in [-0.39, 0.29) is 18.4 Å². The number of halogens is 1. The second-order valence-corrected chi connectivity index (χ2v) is 9.09. The van der Waals surface area contributed by atoms with E-state index in [1.54, 1.807) is 43.5 Å². The first-order chi connectivity index (χ1) is 15.2. The van der Waals surface area contributed by atoms with Gasteiger partial charge in [-0.2, -0.15) is 0 Å². The molecule has 1 fully saturated rings. The number of fused-ring (bicyclic) bond motifs is 1. The molecule has 8 heteroatoms. The maximum atomic E-state index is 14.2. The second-order valence-electron chi connectivity index (χ2n) is 7.71. The Bertz CT molecular complexity index is 1230. The molecule has 1 aliphatic heterocycles. The molecule has 2 aliphatic rings. The van der Waals surface area contributed by atoms with Crippen molar-refractivity contribution in [1.82, 2.24) is 4.90 Å². The molecule has 0 bridgehead atoms. The van der Waals surface area contributed by atoms with Crippen LogP contribution in [0.1, 0.15) is 36.5 Å². The molecule has 0 spiro atoms. The normalized spacial score (nSPS) is 19.0. The predicted molar refractivity (Wildman–Crippen MR) is 118 cm³/mol. The van der Waals surface area contributed by atoms with Crippen LogP contribution in [0.2, 0.25) is 0 Å². The first kappa shape index (κ1) is 21.8. The van der Waals surface area contributed by atoms with E-state index in [2.05, 4.69) is 0 Å².